The number of ether oxygens (including phenoxy) is 1. The third-order valence-electron chi connectivity index (χ3n) is 3.94. The Balaban J connectivity index is 2.37. The van der Waals surface area contributed by atoms with Gasteiger partial charge in [0.2, 0.25) is 0 Å². The van der Waals surface area contributed by atoms with Crippen LogP contribution in [0.15, 0.2) is 47.3 Å². The van der Waals surface area contributed by atoms with Gasteiger partial charge in [-0.3, -0.25) is 4.79 Å². The van der Waals surface area contributed by atoms with Crippen molar-refractivity contribution in [1.82, 2.24) is 4.98 Å². The Hall–Kier alpha value is -3.85. The summed E-state index contributed by atoms with van der Waals surface area (Å²) in [6.45, 7) is 0. The average Bonchev–Trinajstić information content (AvgIpc) is 2.62. The summed E-state index contributed by atoms with van der Waals surface area (Å²) in [6.07, 6.45) is 0. The van der Waals surface area contributed by atoms with Crippen LogP contribution in [0, 0.1) is 5.82 Å². The lowest BCUT2D eigenvalue weighted by Gasteiger charge is -2.16. The topological polar surface area (TPSA) is 143 Å². The van der Waals surface area contributed by atoms with E-state index >= 15 is 0 Å². The van der Waals surface area contributed by atoms with Gasteiger partial charge in [-0.2, -0.15) is 0 Å². The third kappa shape index (κ3) is 3.76. The summed E-state index contributed by atoms with van der Waals surface area (Å²) in [7, 11) is 0. The van der Waals surface area contributed by atoms with E-state index in [2.05, 4.69) is 0 Å². The molecule has 0 spiro atoms. The van der Waals surface area contributed by atoms with Gasteiger partial charge < -0.3 is 25.7 Å². The number of aromatic amines is 1. The van der Waals surface area contributed by atoms with Gasteiger partial charge in [-0.05, 0) is 36.4 Å². The fourth-order valence-corrected chi connectivity index (χ4v) is 2.88. The minimum absolute atomic E-state index is 0.216. The highest BCUT2D eigenvalue weighted by Gasteiger charge is 2.30. The maximum absolute atomic E-state index is 14.8. The average molecular weight is 419 g/mol. The third-order valence-corrected chi connectivity index (χ3v) is 4.19. The number of carbonyl (C=O) groups is 2. The normalized spacial score (nSPS) is 10.6. The van der Waals surface area contributed by atoms with Crippen LogP contribution in [0.5, 0.6) is 11.5 Å². The minimum Gasteiger partial charge on any atom is -0.478 e. The molecule has 0 saturated carbocycles. The Morgan fingerprint density at radius 1 is 1.00 bits per heavy atom. The molecule has 0 aliphatic carbocycles. The highest BCUT2D eigenvalue weighted by atomic mass is 35.5. The molecule has 8 nitrogen and oxygen atoms in total. The number of nitrogens with two attached hydrogens (primary N) is 1. The van der Waals surface area contributed by atoms with Crippen LogP contribution < -0.4 is 16.0 Å². The van der Waals surface area contributed by atoms with Crippen LogP contribution in [0.2, 0.25) is 5.02 Å². The van der Waals surface area contributed by atoms with E-state index in [1.807, 2.05) is 4.98 Å². The number of aromatic nitrogens is 1. The molecule has 10 heteroatoms. The Bertz CT molecular complexity index is 1190. The van der Waals surface area contributed by atoms with Gasteiger partial charge in [-0.1, -0.05) is 17.7 Å². The number of halogens is 2. The molecule has 29 heavy (non-hydrogen) atoms. The van der Waals surface area contributed by atoms with Gasteiger partial charge in [0.1, 0.15) is 34.3 Å². The molecule has 0 aliphatic heterocycles. The summed E-state index contributed by atoms with van der Waals surface area (Å²) in [6, 6.07) is 9.50. The number of nitrogen functional groups attached to an aromatic ring is 1. The first-order valence-electron chi connectivity index (χ1n) is 7.95. The molecule has 0 saturated heterocycles. The molecule has 1 heterocycles. The maximum atomic E-state index is 14.8. The summed E-state index contributed by atoms with van der Waals surface area (Å²) in [5.74, 6) is -5.05. The first-order chi connectivity index (χ1) is 13.7. The molecule has 3 rings (SSSR count). The molecule has 5 N–H and O–H groups in total. The second-order valence-corrected chi connectivity index (χ2v) is 6.21. The van der Waals surface area contributed by atoms with Gasteiger partial charge in [0.15, 0.2) is 0 Å². The van der Waals surface area contributed by atoms with Gasteiger partial charge in [0.05, 0.1) is 5.56 Å². The number of benzene rings is 2. The Morgan fingerprint density at radius 3 is 2.21 bits per heavy atom. The molecular formula is C19H12ClFN2O6. The summed E-state index contributed by atoms with van der Waals surface area (Å²) in [4.78, 5) is 37.6. The zero-order valence-corrected chi connectivity index (χ0v) is 15.2. The lowest BCUT2D eigenvalue weighted by Crippen LogP contribution is -2.24. The molecule has 0 aliphatic rings. The fraction of sp³-hybridized carbons (Fsp3) is 0. The molecule has 0 bridgehead atoms. The van der Waals surface area contributed by atoms with E-state index in [-0.39, 0.29) is 11.5 Å². The van der Waals surface area contributed by atoms with E-state index in [1.54, 1.807) is 0 Å². The van der Waals surface area contributed by atoms with Gasteiger partial charge in [0.25, 0.3) is 5.56 Å². The van der Waals surface area contributed by atoms with E-state index in [0.29, 0.717) is 5.02 Å². The monoisotopic (exact) mass is 418 g/mol. The van der Waals surface area contributed by atoms with Crippen molar-refractivity contribution >= 4 is 29.4 Å². The number of aromatic carboxylic acids is 2. The molecule has 0 radical (unpaired) electrons. The molecule has 0 atom stereocenters. The second kappa shape index (κ2) is 7.64. The van der Waals surface area contributed by atoms with E-state index in [9.17, 15) is 29.0 Å². The molecule has 0 unspecified atom stereocenters. The fourth-order valence-electron chi connectivity index (χ4n) is 2.76. The summed E-state index contributed by atoms with van der Waals surface area (Å²) in [5, 5.41) is 19.4. The van der Waals surface area contributed by atoms with E-state index < -0.39 is 51.4 Å². The van der Waals surface area contributed by atoms with Crippen molar-refractivity contribution in [2.45, 2.75) is 0 Å². The molecular weight excluding hydrogens is 407 g/mol. The van der Waals surface area contributed by atoms with Gasteiger partial charge >= 0.3 is 11.9 Å². The number of hydrogen-bond acceptors (Lipinski definition) is 5. The van der Waals surface area contributed by atoms with Gasteiger partial charge in [0, 0.05) is 10.6 Å². The van der Waals surface area contributed by atoms with Crippen molar-refractivity contribution in [3.63, 3.8) is 0 Å². The summed E-state index contributed by atoms with van der Waals surface area (Å²) >= 11 is 5.81. The number of carboxylic acids is 2. The number of pyridine rings is 1. The van der Waals surface area contributed by atoms with Crippen molar-refractivity contribution in [3.05, 3.63) is 74.8 Å². The standard InChI is InChI=1S/C19H12ClFN2O6/c20-8-4-6-9(7-5-8)29-11-3-1-2-10(21)12(11)13-14(18(25)26)16(22)23-17(24)15(13)19(27)28/h1-7H,(H,25,26)(H,27,28)(H3,22,23,24). The van der Waals surface area contributed by atoms with Gasteiger partial charge in [-0.25, -0.2) is 14.0 Å². The molecule has 0 fully saturated rings. The van der Waals surface area contributed by atoms with E-state index in [1.165, 1.54) is 36.4 Å². The Kier molecular flexibility index (Phi) is 5.24. The minimum atomic E-state index is -1.76. The first-order valence-corrected chi connectivity index (χ1v) is 8.33. The molecule has 3 aromatic rings. The number of rotatable bonds is 5. The second-order valence-electron chi connectivity index (χ2n) is 5.77. The summed E-state index contributed by atoms with van der Waals surface area (Å²) in [5.41, 5.74) is 1.42. The van der Waals surface area contributed by atoms with Crippen LogP contribution in [-0.2, 0) is 0 Å². The number of hydrogen-bond donors (Lipinski definition) is 4. The first kappa shape index (κ1) is 19.9. The van der Waals surface area contributed by atoms with E-state index in [4.69, 9.17) is 22.1 Å². The zero-order chi connectivity index (χ0) is 21.3. The quantitative estimate of drug-likeness (QED) is 0.495. The largest absolute Gasteiger partial charge is 0.478 e. The van der Waals surface area contributed by atoms with Crippen molar-refractivity contribution in [3.8, 4) is 22.6 Å². The number of anilines is 1. The van der Waals surface area contributed by atoms with Crippen LogP contribution in [0.3, 0.4) is 0 Å². The van der Waals surface area contributed by atoms with Crippen molar-refractivity contribution < 1.29 is 28.9 Å². The van der Waals surface area contributed by atoms with Crippen molar-refractivity contribution in [1.29, 1.82) is 0 Å². The van der Waals surface area contributed by atoms with Crippen molar-refractivity contribution in [2.75, 3.05) is 5.73 Å². The van der Waals surface area contributed by atoms with E-state index in [0.717, 1.165) is 6.07 Å². The van der Waals surface area contributed by atoms with Crippen LogP contribution in [-0.4, -0.2) is 27.1 Å². The maximum Gasteiger partial charge on any atom is 0.342 e. The predicted molar refractivity (Wildman–Crippen MR) is 102 cm³/mol. The van der Waals surface area contributed by atoms with Crippen LogP contribution in [0.25, 0.3) is 11.1 Å². The Labute approximate surface area is 166 Å². The lowest BCUT2D eigenvalue weighted by atomic mass is 9.94. The highest BCUT2D eigenvalue weighted by Crippen LogP contribution is 2.39. The SMILES string of the molecule is Nc1[nH]c(=O)c(C(=O)O)c(-c2c(F)cccc2Oc2ccc(Cl)cc2)c1C(=O)O. The Morgan fingerprint density at radius 2 is 1.62 bits per heavy atom. The molecule has 0 amide bonds. The number of nitrogens with one attached hydrogen (secondary N) is 1. The summed E-state index contributed by atoms with van der Waals surface area (Å²) < 4.78 is 20.4. The molecule has 2 aromatic carbocycles. The predicted octanol–water partition coefficient (Wildman–Crippen LogP) is 3.61. The van der Waals surface area contributed by atoms with Gasteiger partial charge in [-0.15, -0.1) is 0 Å². The molecule has 1 aromatic heterocycles. The number of carboxylic acid groups (broad SMARTS) is 2. The van der Waals surface area contributed by atoms with Crippen LogP contribution in [0.1, 0.15) is 20.7 Å². The number of H-pyrrole nitrogens is 1. The lowest BCUT2D eigenvalue weighted by molar-refractivity contribution is 0.0695. The van der Waals surface area contributed by atoms with Crippen LogP contribution in [0.4, 0.5) is 10.2 Å². The highest BCUT2D eigenvalue weighted by molar-refractivity contribution is 6.30. The van der Waals surface area contributed by atoms with Crippen LogP contribution >= 0.6 is 11.6 Å². The molecule has 148 valence electrons. The zero-order valence-electron chi connectivity index (χ0n) is 14.4. The van der Waals surface area contributed by atoms with Crippen molar-refractivity contribution in [2.24, 2.45) is 0 Å². The smallest absolute Gasteiger partial charge is 0.342 e.